The molecule has 0 atom stereocenters. The molecule has 3 heteroatoms. The van der Waals surface area contributed by atoms with E-state index in [1.165, 1.54) is 29.7 Å². The summed E-state index contributed by atoms with van der Waals surface area (Å²) >= 11 is 5.85. The van der Waals surface area contributed by atoms with Crippen LogP contribution in [0.1, 0.15) is 30.5 Å². The van der Waals surface area contributed by atoms with E-state index in [4.69, 9.17) is 11.6 Å². The second kappa shape index (κ2) is 5.90. The molecule has 0 amide bonds. The molecule has 0 saturated heterocycles. The Bertz CT molecular complexity index is 350. The van der Waals surface area contributed by atoms with Crippen LogP contribution in [0.4, 0.5) is 0 Å². The number of nitrogens with zero attached hydrogens (tertiary/aromatic N) is 1. The minimum absolute atomic E-state index is 0. The molecule has 0 radical (unpaired) electrons. The Balaban J connectivity index is 0.00000128. The highest BCUT2D eigenvalue weighted by atomic mass is 35.5. The van der Waals surface area contributed by atoms with Gasteiger partial charge in [0.2, 0.25) is 0 Å². The molecule has 0 N–H and O–H groups in total. The van der Waals surface area contributed by atoms with E-state index in [0.717, 1.165) is 6.54 Å². The number of benzene rings is 1. The third-order valence-electron chi connectivity index (χ3n) is 3.20. The number of fused-ring (bicyclic) bond motifs is 1. The van der Waals surface area contributed by atoms with Crippen LogP contribution >= 0.6 is 24.0 Å². The first-order valence-corrected chi connectivity index (χ1v) is 6.15. The van der Waals surface area contributed by atoms with E-state index in [2.05, 4.69) is 36.9 Å². The van der Waals surface area contributed by atoms with Gasteiger partial charge in [-0.3, -0.25) is 4.90 Å². The van der Waals surface area contributed by atoms with Gasteiger partial charge in [-0.1, -0.05) is 18.2 Å². The summed E-state index contributed by atoms with van der Waals surface area (Å²) in [6.45, 7) is 6.79. The largest absolute Gasteiger partial charge is 0.296 e. The maximum atomic E-state index is 5.85. The minimum atomic E-state index is 0. The van der Waals surface area contributed by atoms with Crippen LogP contribution in [0.25, 0.3) is 0 Å². The lowest BCUT2D eigenvalue weighted by Crippen LogP contribution is -2.35. The standard InChI is InChI=1S/C13H18ClN.ClH/c1-10(2)15-6-5-12-4-3-11(8-14)7-13(12)9-15;/h3-4,7,10H,5-6,8-9H2,1-2H3;1H. The third-order valence-corrected chi connectivity index (χ3v) is 3.51. The SMILES string of the molecule is CC(C)N1CCc2ccc(CCl)cc2C1.Cl. The van der Waals surface area contributed by atoms with Gasteiger partial charge in [0.15, 0.2) is 0 Å². The van der Waals surface area contributed by atoms with Crippen molar-refractivity contribution in [3.8, 4) is 0 Å². The first-order chi connectivity index (χ1) is 7.20. The van der Waals surface area contributed by atoms with Crippen LogP contribution in [-0.2, 0) is 18.8 Å². The molecule has 1 aliphatic rings. The van der Waals surface area contributed by atoms with Crippen molar-refractivity contribution < 1.29 is 0 Å². The highest BCUT2D eigenvalue weighted by Crippen LogP contribution is 2.22. The number of hydrogen-bond acceptors (Lipinski definition) is 1. The van der Waals surface area contributed by atoms with Crippen LogP contribution in [0.5, 0.6) is 0 Å². The van der Waals surface area contributed by atoms with Crippen molar-refractivity contribution >= 4 is 24.0 Å². The average molecular weight is 260 g/mol. The van der Waals surface area contributed by atoms with Crippen molar-refractivity contribution in [2.24, 2.45) is 0 Å². The minimum Gasteiger partial charge on any atom is -0.296 e. The van der Waals surface area contributed by atoms with Gasteiger partial charge in [-0.25, -0.2) is 0 Å². The van der Waals surface area contributed by atoms with Gasteiger partial charge in [0.25, 0.3) is 0 Å². The van der Waals surface area contributed by atoms with Gasteiger partial charge in [-0.15, -0.1) is 24.0 Å². The zero-order valence-corrected chi connectivity index (χ0v) is 11.4. The van der Waals surface area contributed by atoms with Crippen LogP contribution in [0.3, 0.4) is 0 Å². The Morgan fingerprint density at radius 3 is 2.69 bits per heavy atom. The Labute approximate surface area is 109 Å². The Kier molecular flexibility index (Phi) is 5.10. The van der Waals surface area contributed by atoms with E-state index in [1.54, 1.807) is 0 Å². The van der Waals surface area contributed by atoms with Crippen LogP contribution < -0.4 is 0 Å². The summed E-state index contributed by atoms with van der Waals surface area (Å²) in [7, 11) is 0. The van der Waals surface area contributed by atoms with Gasteiger partial charge >= 0.3 is 0 Å². The summed E-state index contributed by atoms with van der Waals surface area (Å²) in [5, 5.41) is 0. The number of rotatable bonds is 2. The summed E-state index contributed by atoms with van der Waals surface area (Å²) in [6.07, 6.45) is 1.18. The molecule has 0 bridgehead atoms. The maximum Gasteiger partial charge on any atom is 0.0474 e. The first-order valence-electron chi connectivity index (χ1n) is 5.61. The van der Waals surface area contributed by atoms with Gasteiger partial charge in [-0.2, -0.15) is 0 Å². The second-order valence-electron chi connectivity index (χ2n) is 4.55. The molecular weight excluding hydrogens is 241 g/mol. The molecule has 0 fully saturated rings. The zero-order chi connectivity index (χ0) is 10.8. The van der Waals surface area contributed by atoms with Crippen LogP contribution in [0.2, 0.25) is 0 Å². The van der Waals surface area contributed by atoms with E-state index >= 15 is 0 Å². The molecule has 0 unspecified atom stereocenters. The summed E-state index contributed by atoms with van der Waals surface area (Å²) in [5.41, 5.74) is 4.20. The van der Waals surface area contributed by atoms with E-state index in [9.17, 15) is 0 Å². The summed E-state index contributed by atoms with van der Waals surface area (Å²) < 4.78 is 0. The molecule has 0 spiro atoms. The molecule has 90 valence electrons. The maximum absolute atomic E-state index is 5.85. The first kappa shape index (κ1) is 13.8. The van der Waals surface area contributed by atoms with Gasteiger partial charge in [0, 0.05) is 25.0 Å². The number of alkyl halides is 1. The average Bonchev–Trinajstić information content (AvgIpc) is 2.27. The topological polar surface area (TPSA) is 3.24 Å². The fourth-order valence-electron chi connectivity index (χ4n) is 2.16. The lowest BCUT2D eigenvalue weighted by Gasteiger charge is -2.32. The molecule has 2 rings (SSSR count). The third kappa shape index (κ3) is 2.91. The Morgan fingerprint density at radius 2 is 2.06 bits per heavy atom. The van der Waals surface area contributed by atoms with Crippen LogP contribution in [0.15, 0.2) is 18.2 Å². The fourth-order valence-corrected chi connectivity index (χ4v) is 2.32. The Morgan fingerprint density at radius 1 is 1.31 bits per heavy atom. The van der Waals surface area contributed by atoms with E-state index in [0.29, 0.717) is 11.9 Å². The van der Waals surface area contributed by atoms with E-state index in [1.807, 2.05) is 0 Å². The summed E-state index contributed by atoms with van der Waals surface area (Å²) in [5.74, 6) is 0.620. The van der Waals surface area contributed by atoms with Crippen molar-refractivity contribution in [2.45, 2.75) is 38.7 Å². The molecule has 1 aromatic rings. The lowest BCUT2D eigenvalue weighted by molar-refractivity contribution is 0.203. The molecule has 0 saturated carbocycles. The molecule has 1 heterocycles. The summed E-state index contributed by atoms with van der Waals surface area (Å²) in [6, 6.07) is 7.29. The van der Waals surface area contributed by atoms with Gasteiger partial charge in [0.05, 0.1) is 0 Å². The van der Waals surface area contributed by atoms with Crippen molar-refractivity contribution in [1.82, 2.24) is 4.90 Å². The second-order valence-corrected chi connectivity index (χ2v) is 4.82. The molecule has 1 aromatic carbocycles. The van der Waals surface area contributed by atoms with Crippen molar-refractivity contribution in [2.75, 3.05) is 6.54 Å². The Hall–Kier alpha value is -0.240. The fraction of sp³-hybridized carbons (Fsp3) is 0.538. The number of hydrogen-bond donors (Lipinski definition) is 0. The van der Waals surface area contributed by atoms with Crippen LogP contribution in [-0.4, -0.2) is 17.5 Å². The van der Waals surface area contributed by atoms with Gasteiger partial charge in [0.1, 0.15) is 0 Å². The van der Waals surface area contributed by atoms with Gasteiger partial charge in [-0.05, 0) is 37.0 Å². The molecular formula is C13H19Cl2N. The van der Waals surface area contributed by atoms with Gasteiger partial charge < -0.3 is 0 Å². The normalized spacial score (nSPS) is 15.8. The molecule has 1 aliphatic heterocycles. The van der Waals surface area contributed by atoms with Crippen molar-refractivity contribution in [1.29, 1.82) is 0 Å². The lowest BCUT2D eigenvalue weighted by atomic mass is 9.97. The highest BCUT2D eigenvalue weighted by molar-refractivity contribution is 6.17. The van der Waals surface area contributed by atoms with E-state index < -0.39 is 0 Å². The highest BCUT2D eigenvalue weighted by Gasteiger charge is 2.18. The molecule has 16 heavy (non-hydrogen) atoms. The molecule has 0 aliphatic carbocycles. The predicted molar refractivity (Wildman–Crippen MR) is 72.5 cm³/mol. The van der Waals surface area contributed by atoms with E-state index in [-0.39, 0.29) is 12.4 Å². The summed E-state index contributed by atoms with van der Waals surface area (Å²) in [4.78, 5) is 2.51. The van der Waals surface area contributed by atoms with Crippen molar-refractivity contribution in [3.63, 3.8) is 0 Å². The monoisotopic (exact) mass is 259 g/mol. The quantitative estimate of drug-likeness (QED) is 0.734. The van der Waals surface area contributed by atoms with Crippen molar-refractivity contribution in [3.05, 3.63) is 34.9 Å². The van der Waals surface area contributed by atoms with Crippen LogP contribution in [0, 0.1) is 0 Å². The predicted octanol–water partition coefficient (Wildman–Crippen LogP) is 3.61. The number of halogens is 2. The molecule has 0 aromatic heterocycles. The zero-order valence-electron chi connectivity index (χ0n) is 9.87. The smallest absolute Gasteiger partial charge is 0.0474 e. The molecule has 1 nitrogen and oxygen atoms in total.